The molecule has 0 bridgehead atoms. The van der Waals surface area contributed by atoms with Crippen LogP contribution < -0.4 is 9.46 Å². The van der Waals surface area contributed by atoms with Crippen molar-refractivity contribution in [2.24, 2.45) is 5.41 Å². The zero-order valence-electron chi connectivity index (χ0n) is 29.5. The molecular formula is C40H45FN4O5S. The molecule has 1 aromatic heterocycles. The van der Waals surface area contributed by atoms with Crippen LogP contribution in [0.25, 0.3) is 22.2 Å². The maximum absolute atomic E-state index is 14.9. The van der Waals surface area contributed by atoms with Gasteiger partial charge in [0.1, 0.15) is 11.6 Å². The molecule has 3 fully saturated rings. The van der Waals surface area contributed by atoms with E-state index in [-0.39, 0.29) is 29.1 Å². The van der Waals surface area contributed by atoms with E-state index in [9.17, 15) is 22.4 Å². The zero-order chi connectivity index (χ0) is 35.7. The standard InChI is InChI=1S/C40H45FN4O5S/c1-43(2)51(48,49)42-38(46)28-12-14-32-35(21-28)45-24-40(39(47)44-18-16-25(17-19-44)27-10-7-11-29(41)20-27)23-34(40)33-22-30(50-3)13-15-31(33)37(45)36(32)26-8-5-4-6-9-26/h7,10-15,20-22,25-26,34H,4-6,8-9,16-19,23-24H2,1-3H3,(H,42,46). The van der Waals surface area contributed by atoms with Crippen molar-refractivity contribution in [3.8, 4) is 17.0 Å². The molecule has 4 aromatic rings. The van der Waals surface area contributed by atoms with Crippen LogP contribution in [0.5, 0.6) is 5.75 Å². The minimum atomic E-state index is -3.99. The molecular weight excluding hydrogens is 668 g/mol. The van der Waals surface area contributed by atoms with Gasteiger partial charge in [0.2, 0.25) is 5.91 Å². The first kappa shape index (κ1) is 33.9. The van der Waals surface area contributed by atoms with Gasteiger partial charge in [-0.15, -0.1) is 0 Å². The van der Waals surface area contributed by atoms with Crippen molar-refractivity contribution in [2.75, 3.05) is 34.3 Å². The minimum Gasteiger partial charge on any atom is -0.497 e. The number of rotatable bonds is 7. The van der Waals surface area contributed by atoms with E-state index >= 15 is 0 Å². The lowest BCUT2D eigenvalue weighted by molar-refractivity contribution is -0.138. The number of likely N-dealkylation sites (tertiary alicyclic amines) is 1. The van der Waals surface area contributed by atoms with Crippen LogP contribution in [-0.4, -0.2) is 68.3 Å². The Hall–Kier alpha value is -4.22. The fourth-order valence-electron chi connectivity index (χ4n) is 9.18. The number of carbonyl (C=O) groups excluding carboxylic acids is 2. The number of benzene rings is 3. The van der Waals surface area contributed by atoms with Crippen LogP contribution in [0.4, 0.5) is 4.39 Å². The predicted octanol–water partition coefficient (Wildman–Crippen LogP) is 6.93. The number of nitrogens with one attached hydrogen (secondary N) is 1. The van der Waals surface area contributed by atoms with Crippen LogP contribution >= 0.6 is 0 Å². The van der Waals surface area contributed by atoms with Crippen molar-refractivity contribution in [1.29, 1.82) is 0 Å². The molecule has 9 nitrogen and oxygen atoms in total. The van der Waals surface area contributed by atoms with E-state index < -0.39 is 21.5 Å². The predicted molar refractivity (Wildman–Crippen MR) is 195 cm³/mol. The van der Waals surface area contributed by atoms with Crippen LogP contribution in [0, 0.1) is 11.2 Å². The molecule has 268 valence electrons. The number of methoxy groups -OCH3 is 1. The maximum atomic E-state index is 14.9. The van der Waals surface area contributed by atoms with E-state index in [0.29, 0.717) is 32.0 Å². The summed E-state index contributed by atoms with van der Waals surface area (Å²) in [4.78, 5) is 30.3. The maximum Gasteiger partial charge on any atom is 0.303 e. The summed E-state index contributed by atoms with van der Waals surface area (Å²) >= 11 is 0. The van der Waals surface area contributed by atoms with Gasteiger partial charge >= 0.3 is 10.2 Å². The molecule has 0 radical (unpaired) electrons. The first-order valence-corrected chi connectivity index (χ1v) is 19.6. The van der Waals surface area contributed by atoms with E-state index in [2.05, 4.69) is 21.4 Å². The average molecular weight is 713 g/mol. The van der Waals surface area contributed by atoms with Gasteiger partial charge < -0.3 is 14.2 Å². The Labute approximate surface area is 298 Å². The van der Waals surface area contributed by atoms with E-state index in [4.69, 9.17) is 4.74 Å². The highest BCUT2D eigenvalue weighted by molar-refractivity contribution is 7.87. The lowest BCUT2D eigenvalue weighted by Crippen LogP contribution is -2.44. The van der Waals surface area contributed by atoms with Crippen LogP contribution in [0.2, 0.25) is 0 Å². The van der Waals surface area contributed by atoms with Crippen LogP contribution in [0.15, 0.2) is 60.7 Å². The van der Waals surface area contributed by atoms with Gasteiger partial charge in [0, 0.05) is 61.7 Å². The Morgan fingerprint density at radius 3 is 2.41 bits per heavy atom. The Balaban J connectivity index is 1.23. The smallest absolute Gasteiger partial charge is 0.303 e. The summed E-state index contributed by atoms with van der Waals surface area (Å²) < 4.78 is 50.4. The zero-order valence-corrected chi connectivity index (χ0v) is 30.3. The number of piperidine rings is 1. The second-order valence-corrected chi connectivity index (χ2v) is 17.0. The van der Waals surface area contributed by atoms with Crippen LogP contribution in [-0.2, 0) is 21.5 Å². The lowest BCUT2D eigenvalue weighted by Gasteiger charge is -2.35. The quantitative estimate of drug-likeness (QED) is 0.224. The number of hydrogen-bond acceptors (Lipinski definition) is 5. The third kappa shape index (κ3) is 5.82. The molecule has 2 atom stereocenters. The van der Waals surface area contributed by atoms with E-state index in [1.807, 2.05) is 23.1 Å². The Kier molecular flexibility index (Phi) is 8.49. The normalized spacial score (nSPS) is 22.2. The molecule has 2 unspecified atom stereocenters. The SMILES string of the molecule is COc1ccc2c(c1)C1CC1(C(=O)N1CCC(c3cccc(F)c3)CC1)Cn1c-2c(C2CCCCC2)c2ccc(C(=O)NS(=O)(=O)N(C)C)cc21. The number of halogens is 1. The van der Waals surface area contributed by atoms with Gasteiger partial charge in [0.15, 0.2) is 0 Å². The van der Waals surface area contributed by atoms with Gasteiger partial charge in [0.05, 0.1) is 18.2 Å². The first-order valence-electron chi connectivity index (χ1n) is 18.1. The van der Waals surface area contributed by atoms with Crippen molar-refractivity contribution in [2.45, 2.75) is 75.7 Å². The average Bonchev–Trinajstić information content (AvgIpc) is 3.81. The highest BCUT2D eigenvalue weighted by Crippen LogP contribution is 2.66. The van der Waals surface area contributed by atoms with Gasteiger partial charge in [-0.1, -0.05) is 37.5 Å². The number of fused-ring (bicyclic) bond motifs is 7. The molecule has 2 saturated carbocycles. The number of aromatic nitrogens is 1. The summed E-state index contributed by atoms with van der Waals surface area (Å²) in [5, 5.41) is 1.04. The molecule has 1 N–H and O–H groups in total. The molecule has 8 rings (SSSR count). The van der Waals surface area contributed by atoms with Crippen LogP contribution in [0.1, 0.15) is 96.2 Å². The third-order valence-electron chi connectivity index (χ3n) is 12.0. The highest BCUT2D eigenvalue weighted by atomic mass is 32.2. The van der Waals surface area contributed by atoms with E-state index in [1.165, 1.54) is 32.1 Å². The van der Waals surface area contributed by atoms with Crippen molar-refractivity contribution < 1.29 is 27.1 Å². The number of amides is 2. The number of hydrogen-bond donors (Lipinski definition) is 1. The number of carbonyl (C=O) groups is 2. The Morgan fingerprint density at radius 2 is 1.71 bits per heavy atom. The minimum absolute atomic E-state index is 0.00177. The summed E-state index contributed by atoms with van der Waals surface area (Å²) in [5.41, 5.74) is 5.95. The largest absolute Gasteiger partial charge is 0.497 e. The molecule has 2 aliphatic carbocycles. The topological polar surface area (TPSA) is 101 Å². The lowest BCUT2D eigenvalue weighted by atomic mass is 9.81. The van der Waals surface area contributed by atoms with E-state index in [1.54, 1.807) is 31.4 Å². The number of ether oxygens (including phenoxy) is 1. The highest BCUT2D eigenvalue weighted by Gasteiger charge is 2.64. The summed E-state index contributed by atoms with van der Waals surface area (Å²) in [6, 6.07) is 18.5. The van der Waals surface area contributed by atoms with Gasteiger partial charge in [-0.2, -0.15) is 12.7 Å². The third-order valence-corrected chi connectivity index (χ3v) is 13.4. The molecule has 3 heterocycles. The monoisotopic (exact) mass is 712 g/mol. The van der Waals surface area contributed by atoms with Crippen LogP contribution in [0.3, 0.4) is 0 Å². The van der Waals surface area contributed by atoms with Gasteiger partial charge in [0.25, 0.3) is 5.91 Å². The summed E-state index contributed by atoms with van der Waals surface area (Å²) in [5.74, 6) is 0.485. The summed E-state index contributed by atoms with van der Waals surface area (Å²) in [7, 11) is 0.425. The second-order valence-electron chi connectivity index (χ2n) is 15.1. The van der Waals surface area contributed by atoms with E-state index in [0.717, 1.165) is 81.9 Å². The molecule has 51 heavy (non-hydrogen) atoms. The Morgan fingerprint density at radius 1 is 0.941 bits per heavy atom. The van der Waals surface area contributed by atoms with Gasteiger partial charge in [-0.3, -0.25) is 9.59 Å². The first-order chi connectivity index (χ1) is 24.5. The Bertz CT molecular complexity index is 2150. The molecule has 4 aliphatic rings. The van der Waals surface area contributed by atoms with Gasteiger partial charge in [-0.25, -0.2) is 9.11 Å². The fraction of sp³-hybridized carbons (Fsp3) is 0.450. The van der Waals surface area contributed by atoms with Crippen molar-refractivity contribution in [3.63, 3.8) is 0 Å². The van der Waals surface area contributed by atoms with Crippen molar-refractivity contribution >= 4 is 32.9 Å². The molecule has 3 aromatic carbocycles. The second kappa shape index (κ2) is 12.8. The molecule has 2 amide bonds. The van der Waals surface area contributed by atoms with Crippen molar-refractivity contribution in [3.05, 3.63) is 88.7 Å². The fourth-order valence-corrected chi connectivity index (χ4v) is 9.72. The van der Waals surface area contributed by atoms with Gasteiger partial charge in [-0.05, 0) is 103 Å². The number of nitrogens with zero attached hydrogens (tertiary/aromatic N) is 3. The molecule has 2 aliphatic heterocycles. The van der Waals surface area contributed by atoms with Crippen molar-refractivity contribution in [1.82, 2.24) is 18.5 Å². The summed E-state index contributed by atoms with van der Waals surface area (Å²) in [6.45, 7) is 1.67. The molecule has 0 spiro atoms. The molecule has 1 saturated heterocycles. The molecule has 11 heteroatoms. The summed E-state index contributed by atoms with van der Waals surface area (Å²) in [6.07, 6.45) is 7.88.